The van der Waals surface area contributed by atoms with Crippen LogP contribution in [-0.4, -0.2) is 20.9 Å². The van der Waals surface area contributed by atoms with Gasteiger partial charge in [0.1, 0.15) is 0 Å². The van der Waals surface area contributed by atoms with Crippen LogP contribution >= 0.6 is 15.9 Å². The Morgan fingerprint density at radius 1 is 1.53 bits per heavy atom. The molecule has 0 saturated carbocycles. The van der Waals surface area contributed by atoms with E-state index in [1.807, 2.05) is 13.0 Å². The van der Waals surface area contributed by atoms with Gasteiger partial charge in [-0.1, -0.05) is 15.9 Å². The number of aromatic nitrogens is 2. The number of aryl methyl sites for hydroxylation is 2. The first-order valence-electron chi connectivity index (χ1n) is 4.37. The molecule has 0 aliphatic rings. The molecule has 0 radical (unpaired) electrons. The molecule has 15 heavy (non-hydrogen) atoms. The van der Waals surface area contributed by atoms with Crippen molar-refractivity contribution in [2.24, 2.45) is 7.05 Å². The number of carboxylic acid groups (broad SMARTS) is 1. The summed E-state index contributed by atoms with van der Waals surface area (Å²) in [6, 6.07) is 3.47. The van der Waals surface area contributed by atoms with E-state index in [-0.39, 0.29) is 5.56 Å². The minimum Gasteiger partial charge on any atom is -0.478 e. The van der Waals surface area contributed by atoms with Crippen LogP contribution in [0.4, 0.5) is 0 Å². The number of rotatable bonds is 1. The Hall–Kier alpha value is -1.36. The lowest BCUT2D eigenvalue weighted by molar-refractivity contribution is 0.0698. The van der Waals surface area contributed by atoms with Crippen LogP contribution in [0.2, 0.25) is 0 Å². The largest absolute Gasteiger partial charge is 0.478 e. The van der Waals surface area contributed by atoms with Gasteiger partial charge in [-0.3, -0.25) is 4.68 Å². The molecule has 5 heteroatoms. The first kappa shape index (κ1) is 10.2. The van der Waals surface area contributed by atoms with Gasteiger partial charge < -0.3 is 5.11 Å². The average Bonchev–Trinajstić information content (AvgIpc) is 2.41. The lowest BCUT2D eigenvalue weighted by Gasteiger charge is -2.01. The number of nitrogens with zero attached hydrogens (tertiary/aromatic N) is 2. The SMILES string of the molecule is Cc1nn(C)c2c(C(=O)O)cc(Br)cc12. The summed E-state index contributed by atoms with van der Waals surface area (Å²) in [5, 5.41) is 14.2. The van der Waals surface area contributed by atoms with Gasteiger partial charge in [-0.25, -0.2) is 4.79 Å². The Labute approximate surface area is 94.6 Å². The van der Waals surface area contributed by atoms with Gasteiger partial charge in [-0.2, -0.15) is 5.10 Å². The maximum absolute atomic E-state index is 11.1. The molecule has 1 N–H and O–H groups in total. The highest BCUT2D eigenvalue weighted by Gasteiger charge is 2.15. The summed E-state index contributed by atoms with van der Waals surface area (Å²) in [5.74, 6) is -0.940. The molecule has 78 valence electrons. The monoisotopic (exact) mass is 268 g/mol. The van der Waals surface area contributed by atoms with Crippen LogP contribution < -0.4 is 0 Å². The molecule has 0 amide bonds. The molecule has 0 unspecified atom stereocenters. The van der Waals surface area contributed by atoms with Crippen molar-refractivity contribution in [1.29, 1.82) is 0 Å². The standard InChI is InChI=1S/C10H9BrN2O2/c1-5-7-3-6(11)4-8(10(14)15)9(7)13(2)12-5/h3-4H,1-2H3,(H,14,15). The number of carboxylic acids is 1. The quantitative estimate of drug-likeness (QED) is 0.864. The number of aromatic carboxylic acids is 1. The first-order valence-corrected chi connectivity index (χ1v) is 5.16. The van der Waals surface area contributed by atoms with Gasteiger partial charge in [0.2, 0.25) is 0 Å². The van der Waals surface area contributed by atoms with E-state index in [4.69, 9.17) is 5.11 Å². The molecule has 0 spiro atoms. The zero-order chi connectivity index (χ0) is 11.2. The summed E-state index contributed by atoms with van der Waals surface area (Å²) in [4.78, 5) is 11.1. The summed E-state index contributed by atoms with van der Waals surface area (Å²) >= 11 is 3.29. The Balaban J connectivity index is 2.96. The van der Waals surface area contributed by atoms with Crippen molar-refractivity contribution in [2.75, 3.05) is 0 Å². The van der Waals surface area contributed by atoms with Crippen molar-refractivity contribution in [2.45, 2.75) is 6.92 Å². The Morgan fingerprint density at radius 2 is 2.20 bits per heavy atom. The number of carbonyl (C=O) groups is 1. The molecule has 1 aromatic heterocycles. The maximum atomic E-state index is 11.1. The minimum atomic E-state index is -0.940. The number of fused-ring (bicyclic) bond motifs is 1. The van der Waals surface area contributed by atoms with E-state index in [2.05, 4.69) is 21.0 Å². The van der Waals surface area contributed by atoms with E-state index in [9.17, 15) is 4.79 Å². The molecule has 1 heterocycles. The molecule has 1 aromatic carbocycles. The van der Waals surface area contributed by atoms with E-state index in [0.717, 1.165) is 15.6 Å². The topological polar surface area (TPSA) is 55.1 Å². The Kier molecular flexibility index (Phi) is 2.26. The normalized spacial score (nSPS) is 10.9. The highest BCUT2D eigenvalue weighted by Crippen LogP contribution is 2.26. The predicted octanol–water partition coefficient (Wildman–Crippen LogP) is 2.34. The van der Waals surface area contributed by atoms with Crippen molar-refractivity contribution in [3.05, 3.63) is 27.9 Å². The summed E-state index contributed by atoms with van der Waals surface area (Å²) in [7, 11) is 1.75. The molecule has 2 rings (SSSR count). The third-order valence-corrected chi connectivity index (χ3v) is 2.78. The van der Waals surface area contributed by atoms with E-state index < -0.39 is 5.97 Å². The molecule has 0 aliphatic carbocycles. The van der Waals surface area contributed by atoms with Crippen LogP contribution in [0.1, 0.15) is 16.1 Å². The van der Waals surface area contributed by atoms with Gasteiger partial charge in [0.15, 0.2) is 0 Å². The second kappa shape index (κ2) is 3.34. The summed E-state index contributed by atoms with van der Waals surface area (Å²) < 4.78 is 2.35. The van der Waals surface area contributed by atoms with Gasteiger partial charge in [0.05, 0.1) is 16.8 Å². The van der Waals surface area contributed by atoms with E-state index in [0.29, 0.717) is 5.52 Å². The fourth-order valence-electron chi connectivity index (χ4n) is 1.72. The van der Waals surface area contributed by atoms with E-state index >= 15 is 0 Å². The lowest BCUT2D eigenvalue weighted by Crippen LogP contribution is -2.01. The number of halogens is 1. The Morgan fingerprint density at radius 3 is 2.80 bits per heavy atom. The fourth-order valence-corrected chi connectivity index (χ4v) is 2.17. The molecular formula is C10H9BrN2O2. The molecule has 0 saturated heterocycles. The number of hydrogen-bond donors (Lipinski definition) is 1. The second-order valence-corrected chi connectivity index (χ2v) is 4.28. The highest BCUT2D eigenvalue weighted by atomic mass is 79.9. The molecule has 0 bridgehead atoms. The molecule has 2 aromatic rings. The molecule has 0 aliphatic heterocycles. The zero-order valence-corrected chi connectivity index (χ0v) is 9.87. The van der Waals surface area contributed by atoms with Crippen molar-refractivity contribution in [3.63, 3.8) is 0 Å². The van der Waals surface area contributed by atoms with Crippen LogP contribution in [0.5, 0.6) is 0 Å². The highest BCUT2D eigenvalue weighted by molar-refractivity contribution is 9.10. The van der Waals surface area contributed by atoms with Gasteiger partial charge in [-0.05, 0) is 19.1 Å². The average molecular weight is 269 g/mol. The molecule has 0 fully saturated rings. The van der Waals surface area contributed by atoms with Crippen LogP contribution in [0.25, 0.3) is 10.9 Å². The summed E-state index contributed by atoms with van der Waals surface area (Å²) in [6.45, 7) is 1.86. The van der Waals surface area contributed by atoms with E-state index in [1.165, 1.54) is 0 Å². The summed E-state index contributed by atoms with van der Waals surface area (Å²) in [5.41, 5.74) is 1.75. The van der Waals surface area contributed by atoms with E-state index in [1.54, 1.807) is 17.8 Å². The minimum absolute atomic E-state index is 0.266. The van der Waals surface area contributed by atoms with Crippen molar-refractivity contribution in [1.82, 2.24) is 9.78 Å². The first-order chi connectivity index (χ1) is 7.00. The molecule has 0 atom stereocenters. The zero-order valence-electron chi connectivity index (χ0n) is 8.28. The van der Waals surface area contributed by atoms with Crippen molar-refractivity contribution >= 4 is 32.8 Å². The van der Waals surface area contributed by atoms with Gasteiger partial charge >= 0.3 is 5.97 Å². The smallest absolute Gasteiger partial charge is 0.337 e. The van der Waals surface area contributed by atoms with Crippen LogP contribution in [-0.2, 0) is 7.05 Å². The van der Waals surface area contributed by atoms with Gasteiger partial charge in [-0.15, -0.1) is 0 Å². The maximum Gasteiger partial charge on any atom is 0.337 e. The van der Waals surface area contributed by atoms with Gasteiger partial charge in [0, 0.05) is 16.9 Å². The number of benzene rings is 1. The number of hydrogen-bond acceptors (Lipinski definition) is 2. The van der Waals surface area contributed by atoms with Crippen LogP contribution in [0.3, 0.4) is 0 Å². The van der Waals surface area contributed by atoms with Crippen molar-refractivity contribution in [3.8, 4) is 0 Å². The third-order valence-electron chi connectivity index (χ3n) is 2.32. The van der Waals surface area contributed by atoms with Crippen LogP contribution in [0.15, 0.2) is 16.6 Å². The second-order valence-electron chi connectivity index (χ2n) is 3.36. The molecule has 4 nitrogen and oxygen atoms in total. The van der Waals surface area contributed by atoms with Gasteiger partial charge in [0.25, 0.3) is 0 Å². The van der Waals surface area contributed by atoms with Crippen LogP contribution in [0, 0.1) is 6.92 Å². The Bertz CT molecular complexity index is 560. The van der Waals surface area contributed by atoms with Crippen molar-refractivity contribution < 1.29 is 9.90 Å². The predicted molar refractivity (Wildman–Crippen MR) is 60.1 cm³/mol. The summed E-state index contributed by atoms with van der Waals surface area (Å²) in [6.07, 6.45) is 0. The third kappa shape index (κ3) is 1.52. The fraction of sp³-hybridized carbons (Fsp3) is 0.200. The lowest BCUT2D eigenvalue weighted by atomic mass is 10.1. The molecular weight excluding hydrogens is 260 g/mol.